The van der Waals surface area contributed by atoms with E-state index < -0.39 is 0 Å². The van der Waals surface area contributed by atoms with Gasteiger partial charge in [-0.25, -0.2) is 0 Å². The van der Waals surface area contributed by atoms with Crippen LogP contribution in [-0.2, 0) is 0 Å². The van der Waals surface area contributed by atoms with Gasteiger partial charge < -0.3 is 9.94 Å². The van der Waals surface area contributed by atoms with Crippen LogP contribution in [0, 0.1) is 5.21 Å². The molecular weight excluding hydrogens is 362 g/mol. The van der Waals surface area contributed by atoms with Crippen LogP contribution in [0.25, 0.3) is 10.9 Å². The van der Waals surface area contributed by atoms with Crippen molar-refractivity contribution in [3.63, 3.8) is 0 Å². The molecule has 0 atom stereocenters. The summed E-state index contributed by atoms with van der Waals surface area (Å²) in [5.41, 5.74) is 1.42. The molecule has 0 bridgehead atoms. The Morgan fingerprint density at radius 1 is 0.889 bits per heavy atom. The highest BCUT2D eigenvalue weighted by molar-refractivity contribution is 6.30. The van der Waals surface area contributed by atoms with E-state index in [1.54, 1.807) is 48.5 Å². The Balaban J connectivity index is 1.79. The monoisotopic (exact) mass is 375 g/mol. The number of rotatable bonds is 4. The largest absolute Gasteiger partial charge is 0.618 e. The third kappa shape index (κ3) is 3.48. The van der Waals surface area contributed by atoms with E-state index in [1.807, 2.05) is 30.3 Å². The molecule has 0 aliphatic rings. The van der Waals surface area contributed by atoms with Crippen LogP contribution in [-0.4, -0.2) is 5.78 Å². The van der Waals surface area contributed by atoms with Gasteiger partial charge in [-0.3, -0.25) is 4.79 Å². The number of fused-ring (bicyclic) bond motifs is 1. The van der Waals surface area contributed by atoms with Crippen LogP contribution < -0.4 is 9.47 Å². The number of hydrogen-bond donors (Lipinski definition) is 0. The van der Waals surface area contributed by atoms with Crippen LogP contribution >= 0.6 is 11.6 Å². The second-order valence-electron chi connectivity index (χ2n) is 5.99. The van der Waals surface area contributed by atoms with E-state index in [0.717, 1.165) is 4.73 Å². The van der Waals surface area contributed by atoms with Crippen LogP contribution in [0.2, 0.25) is 5.02 Å². The molecule has 0 aliphatic carbocycles. The number of ketones is 1. The van der Waals surface area contributed by atoms with E-state index in [1.165, 1.54) is 6.20 Å². The molecule has 0 amide bonds. The average Bonchev–Trinajstić information content (AvgIpc) is 2.71. The Morgan fingerprint density at radius 3 is 2.33 bits per heavy atom. The molecule has 0 aliphatic heterocycles. The first-order valence-corrected chi connectivity index (χ1v) is 8.69. The molecule has 4 nitrogen and oxygen atoms in total. The number of para-hydroxylation sites is 1. The lowest BCUT2D eigenvalue weighted by atomic mass is 10.0. The van der Waals surface area contributed by atoms with Crippen molar-refractivity contribution in [3.05, 3.63) is 106 Å². The van der Waals surface area contributed by atoms with E-state index >= 15 is 0 Å². The first-order chi connectivity index (χ1) is 13.1. The van der Waals surface area contributed by atoms with Crippen molar-refractivity contribution in [2.75, 3.05) is 0 Å². The van der Waals surface area contributed by atoms with Gasteiger partial charge in [0, 0.05) is 28.3 Å². The lowest BCUT2D eigenvalue weighted by Gasteiger charge is -2.10. The smallest absolute Gasteiger partial charge is 0.227 e. The number of benzene rings is 3. The molecule has 132 valence electrons. The van der Waals surface area contributed by atoms with E-state index in [2.05, 4.69) is 0 Å². The minimum Gasteiger partial charge on any atom is -0.618 e. The third-order valence-electron chi connectivity index (χ3n) is 4.20. The summed E-state index contributed by atoms with van der Waals surface area (Å²) < 4.78 is 6.68. The zero-order chi connectivity index (χ0) is 18.8. The van der Waals surface area contributed by atoms with Gasteiger partial charge in [0.05, 0.1) is 5.39 Å². The number of ether oxygens (including phenoxy) is 1. The highest BCUT2D eigenvalue weighted by Crippen LogP contribution is 2.29. The molecular formula is C22H14ClNO3. The molecule has 0 spiro atoms. The molecule has 3 aromatic carbocycles. The van der Waals surface area contributed by atoms with Crippen molar-refractivity contribution < 1.29 is 14.3 Å². The molecule has 0 saturated carbocycles. The number of carbonyl (C=O) groups excluding carboxylic acids is 1. The van der Waals surface area contributed by atoms with Gasteiger partial charge in [0.2, 0.25) is 5.52 Å². The number of nitrogens with zero attached hydrogens (tertiary/aromatic N) is 1. The summed E-state index contributed by atoms with van der Waals surface area (Å²) in [7, 11) is 0. The first-order valence-electron chi connectivity index (χ1n) is 8.31. The third-order valence-corrected chi connectivity index (χ3v) is 4.45. The molecule has 0 radical (unpaired) electrons. The quantitative estimate of drug-likeness (QED) is 0.281. The van der Waals surface area contributed by atoms with Gasteiger partial charge in [-0.1, -0.05) is 29.8 Å². The van der Waals surface area contributed by atoms with Gasteiger partial charge >= 0.3 is 0 Å². The van der Waals surface area contributed by atoms with Crippen molar-refractivity contribution in [3.8, 4) is 11.5 Å². The molecule has 4 aromatic rings. The topological polar surface area (TPSA) is 53.2 Å². The summed E-state index contributed by atoms with van der Waals surface area (Å²) in [4.78, 5) is 12.8. The molecule has 0 unspecified atom stereocenters. The van der Waals surface area contributed by atoms with Crippen LogP contribution in [0.15, 0.2) is 85.1 Å². The summed E-state index contributed by atoms with van der Waals surface area (Å²) in [5.74, 6) is 1.01. The Hall–Kier alpha value is -3.37. The second kappa shape index (κ2) is 7.09. The number of hydrogen-bond acceptors (Lipinski definition) is 3. The lowest BCUT2D eigenvalue weighted by Crippen LogP contribution is -2.26. The SMILES string of the molecule is O=C(c1ccc(Cl)cc1)c1ccc2c(c1)c(Oc1ccccc1)cc[n+]2[O-]. The second-order valence-corrected chi connectivity index (χ2v) is 6.43. The van der Waals surface area contributed by atoms with Gasteiger partial charge in [0.1, 0.15) is 11.5 Å². The van der Waals surface area contributed by atoms with E-state index in [-0.39, 0.29) is 5.78 Å². The number of pyridine rings is 1. The highest BCUT2D eigenvalue weighted by Gasteiger charge is 2.16. The molecule has 4 rings (SSSR count). The van der Waals surface area contributed by atoms with Crippen LogP contribution in [0.3, 0.4) is 0 Å². The Morgan fingerprint density at radius 2 is 1.59 bits per heavy atom. The van der Waals surface area contributed by atoms with Crippen molar-refractivity contribution >= 4 is 28.3 Å². The summed E-state index contributed by atoms with van der Waals surface area (Å²) in [6.07, 6.45) is 1.39. The zero-order valence-electron chi connectivity index (χ0n) is 14.1. The molecule has 0 N–H and O–H groups in total. The van der Waals surface area contributed by atoms with Crippen molar-refractivity contribution in [1.29, 1.82) is 0 Å². The predicted octanol–water partition coefficient (Wildman–Crippen LogP) is 5.15. The van der Waals surface area contributed by atoms with Crippen molar-refractivity contribution in [1.82, 2.24) is 0 Å². The number of halogens is 1. The van der Waals surface area contributed by atoms with E-state index in [0.29, 0.717) is 38.6 Å². The first kappa shape index (κ1) is 17.1. The van der Waals surface area contributed by atoms with Crippen molar-refractivity contribution in [2.24, 2.45) is 0 Å². The Bertz CT molecular complexity index is 1130. The minimum atomic E-state index is -0.152. The predicted molar refractivity (Wildman–Crippen MR) is 104 cm³/mol. The van der Waals surface area contributed by atoms with Gasteiger partial charge in [-0.15, -0.1) is 0 Å². The summed E-state index contributed by atoms with van der Waals surface area (Å²) in [6, 6.07) is 22.5. The highest BCUT2D eigenvalue weighted by atomic mass is 35.5. The fraction of sp³-hybridized carbons (Fsp3) is 0. The number of carbonyl (C=O) groups is 1. The molecule has 1 heterocycles. The lowest BCUT2D eigenvalue weighted by molar-refractivity contribution is -0.577. The van der Waals surface area contributed by atoms with Crippen molar-refractivity contribution in [2.45, 2.75) is 0 Å². The summed E-state index contributed by atoms with van der Waals surface area (Å²) in [5, 5.41) is 13.3. The maximum Gasteiger partial charge on any atom is 0.227 e. The maximum absolute atomic E-state index is 12.8. The maximum atomic E-state index is 12.8. The summed E-state index contributed by atoms with van der Waals surface area (Å²) in [6.45, 7) is 0. The summed E-state index contributed by atoms with van der Waals surface area (Å²) >= 11 is 5.89. The van der Waals surface area contributed by atoms with E-state index in [4.69, 9.17) is 16.3 Å². The van der Waals surface area contributed by atoms with Gasteiger partial charge in [-0.2, -0.15) is 4.73 Å². The molecule has 5 heteroatoms. The molecule has 27 heavy (non-hydrogen) atoms. The fourth-order valence-corrected chi connectivity index (χ4v) is 2.97. The normalized spacial score (nSPS) is 10.7. The van der Waals surface area contributed by atoms with Crippen LogP contribution in [0.1, 0.15) is 15.9 Å². The zero-order valence-corrected chi connectivity index (χ0v) is 14.9. The van der Waals surface area contributed by atoms with Gasteiger partial charge in [-0.05, 0) is 48.5 Å². The molecule has 1 aromatic heterocycles. The Kier molecular flexibility index (Phi) is 4.48. The molecule has 0 saturated heterocycles. The Labute approximate surface area is 160 Å². The minimum absolute atomic E-state index is 0.152. The van der Waals surface area contributed by atoms with Gasteiger partial charge in [0.25, 0.3) is 0 Å². The van der Waals surface area contributed by atoms with E-state index in [9.17, 15) is 10.0 Å². The van der Waals surface area contributed by atoms with Crippen LogP contribution in [0.4, 0.5) is 0 Å². The fourth-order valence-electron chi connectivity index (χ4n) is 2.84. The average molecular weight is 376 g/mol. The standard InChI is InChI=1S/C22H14ClNO3/c23-17-9-6-15(7-10-17)22(25)16-8-11-20-19(14-16)21(12-13-24(20)26)27-18-4-2-1-3-5-18/h1-14H. The van der Waals surface area contributed by atoms with Gasteiger partial charge in [0.15, 0.2) is 12.0 Å². The number of aromatic nitrogens is 1. The molecule has 0 fully saturated rings. The van der Waals surface area contributed by atoms with Crippen LogP contribution in [0.5, 0.6) is 11.5 Å².